The second kappa shape index (κ2) is 8.14. The lowest BCUT2D eigenvalue weighted by Crippen LogP contribution is -2.39. The molecule has 0 aromatic carbocycles. The van der Waals surface area contributed by atoms with Crippen molar-refractivity contribution < 1.29 is 0 Å². The lowest BCUT2D eigenvalue weighted by atomic mass is 9.99. The maximum Gasteiger partial charge on any atom is 0.186 e. The van der Waals surface area contributed by atoms with Gasteiger partial charge in [-0.15, -0.1) is 11.3 Å². The van der Waals surface area contributed by atoms with Gasteiger partial charge in [0, 0.05) is 23.5 Å². The summed E-state index contributed by atoms with van der Waals surface area (Å²) in [6.45, 7) is 11.2. The number of anilines is 1. The Kier molecular flexibility index (Phi) is 6.49. The molecule has 1 aliphatic rings. The Hall–Kier alpha value is -0.610. The van der Waals surface area contributed by atoms with Gasteiger partial charge in [-0.3, -0.25) is 0 Å². The van der Waals surface area contributed by atoms with E-state index in [9.17, 15) is 0 Å². The summed E-state index contributed by atoms with van der Waals surface area (Å²) < 4.78 is 0. The van der Waals surface area contributed by atoms with Crippen LogP contribution in [0.2, 0.25) is 0 Å². The molecule has 0 amide bonds. The number of thiazole rings is 1. The predicted molar refractivity (Wildman–Crippen MR) is 93.5 cm³/mol. The fourth-order valence-corrected chi connectivity index (χ4v) is 4.45. The summed E-state index contributed by atoms with van der Waals surface area (Å²) >= 11 is 1.91. The standard InChI is InChI=1S/C17H31N3S/c1-5-9-15-10-7-8-12-20(15)17-19-14(4)16(21-17)13(3)18-11-6-2/h13,15,18H,5-12H2,1-4H3. The van der Waals surface area contributed by atoms with Crippen LogP contribution < -0.4 is 10.2 Å². The van der Waals surface area contributed by atoms with Crippen molar-refractivity contribution in [3.05, 3.63) is 10.6 Å². The van der Waals surface area contributed by atoms with Gasteiger partial charge in [0.2, 0.25) is 0 Å². The van der Waals surface area contributed by atoms with E-state index in [0.29, 0.717) is 12.1 Å². The summed E-state index contributed by atoms with van der Waals surface area (Å²) in [6, 6.07) is 1.13. The predicted octanol–water partition coefficient (Wildman–Crippen LogP) is 4.67. The molecule has 0 saturated carbocycles. The zero-order valence-corrected chi connectivity index (χ0v) is 14.9. The van der Waals surface area contributed by atoms with E-state index in [0.717, 1.165) is 6.54 Å². The summed E-state index contributed by atoms with van der Waals surface area (Å²) in [5.74, 6) is 0. The van der Waals surface area contributed by atoms with Crippen LogP contribution in [0.5, 0.6) is 0 Å². The van der Waals surface area contributed by atoms with Crippen LogP contribution in [0, 0.1) is 6.92 Å². The molecule has 120 valence electrons. The first-order valence-corrected chi connectivity index (χ1v) is 9.46. The second-order valence-corrected chi connectivity index (χ2v) is 7.26. The number of hydrogen-bond donors (Lipinski definition) is 1. The van der Waals surface area contributed by atoms with E-state index in [-0.39, 0.29) is 0 Å². The van der Waals surface area contributed by atoms with Gasteiger partial charge in [0.25, 0.3) is 0 Å². The van der Waals surface area contributed by atoms with E-state index in [4.69, 9.17) is 4.98 Å². The number of piperidine rings is 1. The number of aromatic nitrogens is 1. The van der Waals surface area contributed by atoms with Crippen LogP contribution in [-0.2, 0) is 0 Å². The molecule has 2 atom stereocenters. The molecule has 0 radical (unpaired) electrons. The molecule has 2 unspecified atom stereocenters. The van der Waals surface area contributed by atoms with Crippen LogP contribution in [0.3, 0.4) is 0 Å². The first kappa shape index (κ1) is 16.8. The molecular weight excluding hydrogens is 278 g/mol. The van der Waals surface area contributed by atoms with Crippen molar-refractivity contribution in [2.24, 2.45) is 0 Å². The molecule has 1 saturated heterocycles. The van der Waals surface area contributed by atoms with E-state index in [1.165, 1.54) is 60.8 Å². The summed E-state index contributed by atoms with van der Waals surface area (Å²) in [7, 11) is 0. The van der Waals surface area contributed by atoms with Gasteiger partial charge in [-0.2, -0.15) is 0 Å². The average molecular weight is 310 g/mol. The maximum atomic E-state index is 4.90. The van der Waals surface area contributed by atoms with E-state index in [1.807, 2.05) is 11.3 Å². The van der Waals surface area contributed by atoms with Gasteiger partial charge in [-0.25, -0.2) is 4.98 Å². The average Bonchev–Trinajstić information content (AvgIpc) is 2.87. The minimum atomic E-state index is 0.422. The van der Waals surface area contributed by atoms with Crippen molar-refractivity contribution in [1.82, 2.24) is 10.3 Å². The van der Waals surface area contributed by atoms with Crippen molar-refractivity contribution in [3.8, 4) is 0 Å². The Morgan fingerprint density at radius 3 is 2.86 bits per heavy atom. The van der Waals surface area contributed by atoms with Gasteiger partial charge in [0.05, 0.1) is 5.69 Å². The maximum absolute atomic E-state index is 4.90. The topological polar surface area (TPSA) is 28.2 Å². The zero-order valence-electron chi connectivity index (χ0n) is 14.1. The van der Waals surface area contributed by atoms with Gasteiger partial charge < -0.3 is 10.2 Å². The van der Waals surface area contributed by atoms with Crippen molar-refractivity contribution in [2.45, 2.75) is 78.3 Å². The molecule has 1 N–H and O–H groups in total. The molecule has 2 heterocycles. The van der Waals surface area contributed by atoms with Crippen LogP contribution in [0.15, 0.2) is 0 Å². The molecule has 1 aliphatic heterocycles. The van der Waals surface area contributed by atoms with Gasteiger partial charge in [-0.05, 0) is 52.5 Å². The number of hydrogen-bond acceptors (Lipinski definition) is 4. The Morgan fingerprint density at radius 1 is 1.33 bits per heavy atom. The number of rotatable bonds is 7. The van der Waals surface area contributed by atoms with Crippen LogP contribution in [-0.4, -0.2) is 24.1 Å². The van der Waals surface area contributed by atoms with Gasteiger partial charge >= 0.3 is 0 Å². The molecule has 0 spiro atoms. The van der Waals surface area contributed by atoms with Crippen molar-refractivity contribution >= 4 is 16.5 Å². The molecule has 0 aliphatic carbocycles. The third-order valence-electron chi connectivity index (χ3n) is 4.41. The molecule has 1 aromatic rings. The number of nitrogens with zero attached hydrogens (tertiary/aromatic N) is 2. The van der Waals surface area contributed by atoms with Crippen molar-refractivity contribution in [3.63, 3.8) is 0 Å². The first-order valence-electron chi connectivity index (χ1n) is 8.64. The highest BCUT2D eigenvalue weighted by Gasteiger charge is 2.25. The van der Waals surface area contributed by atoms with E-state index >= 15 is 0 Å². The van der Waals surface area contributed by atoms with E-state index < -0.39 is 0 Å². The van der Waals surface area contributed by atoms with Crippen LogP contribution in [0.25, 0.3) is 0 Å². The molecule has 0 bridgehead atoms. The number of aryl methyl sites for hydroxylation is 1. The molecule has 1 aromatic heterocycles. The van der Waals surface area contributed by atoms with Gasteiger partial charge in [-0.1, -0.05) is 20.3 Å². The minimum Gasteiger partial charge on any atom is -0.345 e. The highest BCUT2D eigenvalue weighted by atomic mass is 32.1. The van der Waals surface area contributed by atoms with Crippen LogP contribution >= 0.6 is 11.3 Å². The Bertz CT molecular complexity index is 428. The zero-order chi connectivity index (χ0) is 15.2. The van der Waals surface area contributed by atoms with Crippen molar-refractivity contribution in [1.29, 1.82) is 0 Å². The monoisotopic (exact) mass is 309 g/mol. The fourth-order valence-electron chi connectivity index (χ4n) is 3.26. The summed E-state index contributed by atoms with van der Waals surface area (Å²) in [5, 5.41) is 4.85. The molecule has 4 heteroatoms. The smallest absolute Gasteiger partial charge is 0.186 e. The minimum absolute atomic E-state index is 0.422. The quantitative estimate of drug-likeness (QED) is 0.793. The lowest BCUT2D eigenvalue weighted by molar-refractivity contribution is 0.434. The molecule has 21 heavy (non-hydrogen) atoms. The normalized spacial score (nSPS) is 20.8. The SMILES string of the molecule is CCCNC(C)c1sc(N2CCCCC2CCC)nc1C. The summed E-state index contributed by atoms with van der Waals surface area (Å²) in [5.41, 5.74) is 1.21. The largest absolute Gasteiger partial charge is 0.345 e. The van der Waals surface area contributed by atoms with Gasteiger partial charge in [0.15, 0.2) is 5.13 Å². The third-order valence-corrected chi connectivity index (χ3v) is 5.79. The third kappa shape index (κ3) is 4.19. The molecule has 2 rings (SSSR count). The molecule has 1 fully saturated rings. The van der Waals surface area contributed by atoms with Crippen molar-refractivity contribution in [2.75, 3.05) is 18.0 Å². The fraction of sp³-hybridized carbons (Fsp3) is 0.824. The lowest BCUT2D eigenvalue weighted by Gasteiger charge is -2.35. The van der Waals surface area contributed by atoms with Crippen LogP contribution in [0.1, 0.15) is 75.9 Å². The molecule has 3 nitrogen and oxygen atoms in total. The summed E-state index contributed by atoms with van der Waals surface area (Å²) in [4.78, 5) is 8.90. The van der Waals surface area contributed by atoms with E-state index in [1.54, 1.807) is 0 Å². The highest BCUT2D eigenvalue weighted by Crippen LogP contribution is 2.34. The molecular formula is C17H31N3S. The Balaban J connectivity index is 2.12. The van der Waals surface area contributed by atoms with Crippen LogP contribution in [0.4, 0.5) is 5.13 Å². The van der Waals surface area contributed by atoms with Gasteiger partial charge in [0.1, 0.15) is 0 Å². The first-order chi connectivity index (χ1) is 10.2. The highest BCUT2D eigenvalue weighted by molar-refractivity contribution is 7.15. The van der Waals surface area contributed by atoms with E-state index in [2.05, 4.69) is 37.9 Å². The number of nitrogens with one attached hydrogen (secondary N) is 1. The summed E-state index contributed by atoms with van der Waals surface area (Å²) in [6.07, 6.45) is 7.79. The second-order valence-electron chi connectivity index (χ2n) is 6.25. The Morgan fingerprint density at radius 2 is 2.14 bits per heavy atom. The Labute approximate surface area is 134 Å².